The zero-order valence-electron chi connectivity index (χ0n) is 16.8. The molecule has 3 aromatic rings. The molecule has 0 bridgehead atoms. The molecule has 0 aliphatic carbocycles. The molecule has 0 atom stereocenters. The Morgan fingerprint density at radius 2 is 1.83 bits per heavy atom. The summed E-state index contributed by atoms with van der Waals surface area (Å²) in [6, 6.07) is 13.3. The summed E-state index contributed by atoms with van der Waals surface area (Å²) in [5.41, 5.74) is 2.14. The maximum atomic E-state index is 13.2. The van der Waals surface area contributed by atoms with Crippen LogP contribution < -0.4 is 14.5 Å². The van der Waals surface area contributed by atoms with Gasteiger partial charge >= 0.3 is 0 Å². The van der Waals surface area contributed by atoms with Crippen molar-refractivity contribution in [1.82, 2.24) is 4.98 Å². The van der Waals surface area contributed by atoms with Gasteiger partial charge in [0.25, 0.3) is 5.91 Å². The SMILES string of the molecule is COc1ccc(C(=O)N(CCC[NH+](C)C)c2nc(-c3ccc(F)cc3)cs2)cc1. The van der Waals surface area contributed by atoms with Crippen LogP contribution in [0.1, 0.15) is 16.8 Å². The number of quaternary nitrogens is 1. The van der Waals surface area contributed by atoms with Gasteiger partial charge in [-0.15, -0.1) is 11.3 Å². The van der Waals surface area contributed by atoms with E-state index in [1.165, 1.54) is 28.4 Å². The van der Waals surface area contributed by atoms with Crippen molar-refractivity contribution in [1.29, 1.82) is 0 Å². The van der Waals surface area contributed by atoms with Crippen molar-refractivity contribution in [2.45, 2.75) is 6.42 Å². The molecule has 0 unspecified atom stereocenters. The molecule has 152 valence electrons. The van der Waals surface area contributed by atoms with Gasteiger partial charge in [-0.3, -0.25) is 9.69 Å². The minimum absolute atomic E-state index is 0.0959. The number of amides is 1. The summed E-state index contributed by atoms with van der Waals surface area (Å²) < 4.78 is 18.4. The molecule has 1 aromatic heterocycles. The highest BCUT2D eigenvalue weighted by Crippen LogP contribution is 2.29. The Labute approximate surface area is 174 Å². The molecule has 29 heavy (non-hydrogen) atoms. The van der Waals surface area contributed by atoms with Crippen LogP contribution in [0.2, 0.25) is 0 Å². The van der Waals surface area contributed by atoms with Gasteiger partial charge in [0.05, 0.1) is 33.4 Å². The molecule has 7 heteroatoms. The number of thiazole rings is 1. The third kappa shape index (κ3) is 5.40. The number of nitrogens with zero attached hydrogens (tertiary/aromatic N) is 2. The Balaban J connectivity index is 1.86. The van der Waals surface area contributed by atoms with E-state index in [1.54, 1.807) is 48.4 Å². The highest BCUT2D eigenvalue weighted by atomic mass is 32.1. The predicted octanol–water partition coefficient (Wildman–Crippen LogP) is 3.14. The van der Waals surface area contributed by atoms with Crippen LogP contribution in [0.25, 0.3) is 11.3 Å². The number of hydrogen-bond donors (Lipinski definition) is 1. The van der Waals surface area contributed by atoms with E-state index in [0.717, 1.165) is 24.2 Å². The van der Waals surface area contributed by atoms with Gasteiger partial charge < -0.3 is 9.64 Å². The molecule has 0 aliphatic rings. The van der Waals surface area contributed by atoms with Gasteiger partial charge in [-0.05, 0) is 48.5 Å². The quantitative estimate of drug-likeness (QED) is 0.616. The first kappa shape index (κ1) is 21.0. The molecule has 0 spiro atoms. The number of carbonyl (C=O) groups is 1. The van der Waals surface area contributed by atoms with Gasteiger partial charge in [0, 0.05) is 29.5 Å². The third-order valence-corrected chi connectivity index (χ3v) is 5.37. The number of hydrogen-bond acceptors (Lipinski definition) is 4. The van der Waals surface area contributed by atoms with Crippen LogP contribution in [0.3, 0.4) is 0 Å². The van der Waals surface area contributed by atoms with E-state index in [9.17, 15) is 9.18 Å². The molecule has 0 saturated heterocycles. The van der Waals surface area contributed by atoms with Crippen molar-refractivity contribution in [3.05, 3.63) is 65.3 Å². The van der Waals surface area contributed by atoms with Crippen LogP contribution in [-0.4, -0.2) is 45.2 Å². The molecule has 5 nitrogen and oxygen atoms in total. The normalized spacial score (nSPS) is 10.9. The second-order valence-corrected chi connectivity index (χ2v) is 7.85. The molecular weight excluding hydrogens is 389 g/mol. The van der Waals surface area contributed by atoms with Crippen molar-refractivity contribution < 1.29 is 18.8 Å². The molecular formula is C22H25FN3O2S+. The Hall–Kier alpha value is -2.77. The Kier molecular flexibility index (Phi) is 6.95. The lowest BCUT2D eigenvalue weighted by Crippen LogP contribution is -3.05. The largest absolute Gasteiger partial charge is 0.497 e. The van der Waals surface area contributed by atoms with Crippen molar-refractivity contribution in [2.24, 2.45) is 0 Å². The van der Waals surface area contributed by atoms with Crippen LogP contribution in [-0.2, 0) is 0 Å². The van der Waals surface area contributed by atoms with Crippen molar-refractivity contribution in [3.63, 3.8) is 0 Å². The molecule has 0 fully saturated rings. The predicted molar refractivity (Wildman–Crippen MR) is 114 cm³/mol. The molecule has 0 saturated carbocycles. The molecule has 1 N–H and O–H groups in total. The number of anilines is 1. The standard InChI is InChI=1S/C22H24FN3O2S/c1-25(2)13-4-14-26(21(27)17-7-11-19(28-3)12-8-17)22-24-20(15-29-22)16-5-9-18(23)10-6-16/h5-12,15H,4,13-14H2,1-3H3/p+1. The van der Waals surface area contributed by atoms with Crippen molar-refractivity contribution in [2.75, 3.05) is 39.2 Å². The Morgan fingerprint density at radius 3 is 2.45 bits per heavy atom. The first-order chi connectivity index (χ1) is 14.0. The van der Waals surface area contributed by atoms with Crippen molar-refractivity contribution >= 4 is 22.4 Å². The smallest absolute Gasteiger partial charge is 0.260 e. The second kappa shape index (κ2) is 9.62. The van der Waals surface area contributed by atoms with Crippen LogP contribution >= 0.6 is 11.3 Å². The summed E-state index contributed by atoms with van der Waals surface area (Å²) in [6.45, 7) is 1.52. The van der Waals surface area contributed by atoms with Gasteiger partial charge in [-0.25, -0.2) is 9.37 Å². The zero-order chi connectivity index (χ0) is 20.8. The van der Waals surface area contributed by atoms with Gasteiger partial charge in [-0.1, -0.05) is 0 Å². The second-order valence-electron chi connectivity index (χ2n) is 7.02. The summed E-state index contributed by atoms with van der Waals surface area (Å²) in [4.78, 5) is 20.9. The van der Waals surface area contributed by atoms with Gasteiger partial charge in [0.2, 0.25) is 0 Å². The van der Waals surface area contributed by atoms with E-state index in [4.69, 9.17) is 4.74 Å². The van der Waals surface area contributed by atoms with Gasteiger partial charge in [0.15, 0.2) is 5.13 Å². The molecule has 0 radical (unpaired) electrons. The lowest BCUT2D eigenvalue weighted by Gasteiger charge is -2.20. The molecule has 1 amide bonds. The topological polar surface area (TPSA) is 46.9 Å². The summed E-state index contributed by atoms with van der Waals surface area (Å²) in [7, 11) is 5.77. The fourth-order valence-corrected chi connectivity index (χ4v) is 3.76. The summed E-state index contributed by atoms with van der Waals surface area (Å²) >= 11 is 1.41. The van der Waals surface area contributed by atoms with Crippen LogP contribution in [0.15, 0.2) is 53.9 Å². The Bertz CT molecular complexity index is 939. The molecule has 1 heterocycles. The van der Waals surface area contributed by atoms with E-state index in [2.05, 4.69) is 19.1 Å². The first-order valence-electron chi connectivity index (χ1n) is 9.44. The van der Waals surface area contributed by atoms with E-state index in [0.29, 0.717) is 23.0 Å². The summed E-state index contributed by atoms with van der Waals surface area (Å²) in [6.07, 6.45) is 0.857. The minimum atomic E-state index is -0.285. The van der Waals surface area contributed by atoms with Crippen molar-refractivity contribution in [3.8, 4) is 17.0 Å². The van der Waals surface area contributed by atoms with Crippen LogP contribution in [0.4, 0.5) is 9.52 Å². The number of benzene rings is 2. The number of aromatic nitrogens is 1. The van der Waals surface area contributed by atoms with E-state index >= 15 is 0 Å². The lowest BCUT2D eigenvalue weighted by molar-refractivity contribution is -0.858. The summed E-state index contributed by atoms with van der Waals surface area (Å²) in [5.74, 6) is 0.324. The highest BCUT2D eigenvalue weighted by Gasteiger charge is 2.21. The van der Waals surface area contributed by atoms with E-state index in [-0.39, 0.29) is 11.7 Å². The third-order valence-electron chi connectivity index (χ3n) is 4.50. The molecule has 0 aliphatic heterocycles. The van der Waals surface area contributed by atoms with E-state index in [1.807, 2.05) is 5.38 Å². The highest BCUT2D eigenvalue weighted by molar-refractivity contribution is 7.14. The number of ether oxygens (including phenoxy) is 1. The zero-order valence-corrected chi connectivity index (χ0v) is 17.6. The average molecular weight is 415 g/mol. The fraction of sp³-hybridized carbons (Fsp3) is 0.273. The maximum absolute atomic E-state index is 13.2. The number of halogens is 1. The molecule has 2 aromatic carbocycles. The number of rotatable bonds is 8. The average Bonchev–Trinajstić information content (AvgIpc) is 3.21. The lowest BCUT2D eigenvalue weighted by atomic mass is 10.2. The minimum Gasteiger partial charge on any atom is -0.497 e. The van der Waals surface area contributed by atoms with Gasteiger partial charge in [-0.2, -0.15) is 0 Å². The summed E-state index contributed by atoms with van der Waals surface area (Å²) in [5, 5.41) is 2.53. The molecule has 3 rings (SSSR count). The van der Waals surface area contributed by atoms with Crippen LogP contribution in [0.5, 0.6) is 5.75 Å². The maximum Gasteiger partial charge on any atom is 0.260 e. The number of methoxy groups -OCH3 is 1. The van der Waals surface area contributed by atoms with Crippen LogP contribution in [0, 0.1) is 5.82 Å². The first-order valence-corrected chi connectivity index (χ1v) is 10.3. The number of nitrogens with one attached hydrogen (secondary N) is 1. The van der Waals surface area contributed by atoms with Gasteiger partial charge in [0.1, 0.15) is 11.6 Å². The van der Waals surface area contributed by atoms with E-state index < -0.39 is 0 Å². The fourth-order valence-electron chi connectivity index (χ4n) is 2.91. The monoisotopic (exact) mass is 414 g/mol. The Morgan fingerprint density at radius 1 is 1.14 bits per heavy atom. The number of carbonyl (C=O) groups excluding carboxylic acids is 1.